The van der Waals surface area contributed by atoms with Gasteiger partial charge in [0.25, 0.3) is 0 Å². The van der Waals surface area contributed by atoms with Crippen molar-refractivity contribution >= 4 is 0 Å². The summed E-state index contributed by atoms with van der Waals surface area (Å²) in [5.41, 5.74) is 0. The van der Waals surface area contributed by atoms with Gasteiger partial charge < -0.3 is 10.2 Å². The summed E-state index contributed by atoms with van der Waals surface area (Å²) in [5, 5.41) is 3.58. The number of nitrogens with zero attached hydrogens (tertiary/aromatic N) is 1. The van der Waals surface area contributed by atoms with Gasteiger partial charge in [-0.3, -0.25) is 0 Å². The molecule has 0 aliphatic carbocycles. The lowest BCUT2D eigenvalue weighted by Gasteiger charge is -2.20. The van der Waals surface area contributed by atoms with Crippen LogP contribution in [0.1, 0.15) is 41.0 Å². The Morgan fingerprint density at radius 2 is 1.73 bits per heavy atom. The first-order valence-electron chi connectivity index (χ1n) is 6.52. The van der Waals surface area contributed by atoms with Gasteiger partial charge in [-0.25, -0.2) is 0 Å². The normalized spacial score (nSPS) is 28.2. The van der Waals surface area contributed by atoms with Crippen LogP contribution in [0.25, 0.3) is 0 Å². The SMILES string of the molecule is CCC1CN(C(C)C)CC1CNC(C)C. The Kier molecular flexibility index (Phi) is 5.07. The third-order valence-corrected chi connectivity index (χ3v) is 3.65. The third-order valence-electron chi connectivity index (χ3n) is 3.65. The Labute approximate surface area is 95.4 Å². The molecule has 1 aliphatic rings. The van der Waals surface area contributed by atoms with E-state index < -0.39 is 0 Å². The van der Waals surface area contributed by atoms with E-state index in [-0.39, 0.29) is 0 Å². The van der Waals surface area contributed by atoms with Crippen molar-refractivity contribution in [3.8, 4) is 0 Å². The maximum absolute atomic E-state index is 3.58. The second-order valence-electron chi connectivity index (χ2n) is 5.54. The van der Waals surface area contributed by atoms with Crippen LogP contribution in [0.5, 0.6) is 0 Å². The molecule has 2 heteroatoms. The van der Waals surface area contributed by atoms with E-state index in [4.69, 9.17) is 0 Å². The van der Waals surface area contributed by atoms with Crippen LogP contribution in [0.15, 0.2) is 0 Å². The van der Waals surface area contributed by atoms with Crippen LogP contribution in [-0.4, -0.2) is 36.6 Å². The van der Waals surface area contributed by atoms with Crippen molar-refractivity contribution in [2.24, 2.45) is 11.8 Å². The van der Waals surface area contributed by atoms with E-state index in [1.54, 1.807) is 0 Å². The highest BCUT2D eigenvalue weighted by Crippen LogP contribution is 2.26. The molecule has 1 aliphatic heterocycles. The Hall–Kier alpha value is -0.0800. The standard InChI is InChI=1S/C13H28N2/c1-6-12-8-15(11(4)5)9-13(12)7-14-10(2)3/h10-14H,6-9H2,1-5H3. The third kappa shape index (κ3) is 3.76. The zero-order valence-corrected chi connectivity index (χ0v) is 11.1. The Balaban J connectivity index is 2.41. The van der Waals surface area contributed by atoms with Crippen LogP contribution in [-0.2, 0) is 0 Å². The first-order chi connectivity index (χ1) is 7.04. The molecular formula is C13H28N2. The Morgan fingerprint density at radius 1 is 1.13 bits per heavy atom. The molecule has 1 N–H and O–H groups in total. The molecule has 0 aromatic rings. The van der Waals surface area contributed by atoms with E-state index in [9.17, 15) is 0 Å². The molecule has 2 unspecified atom stereocenters. The van der Waals surface area contributed by atoms with Gasteiger partial charge in [0.05, 0.1) is 0 Å². The van der Waals surface area contributed by atoms with E-state index >= 15 is 0 Å². The fraction of sp³-hybridized carbons (Fsp3) is 1.00. The lowest BCUT2D eigenvalue weighted by Crippen LogP contribution is -2.33. The van der Waals surface area contributed by atoms with Gasteiger partial charge >= 0.3 is 0 Å². The minimum absolute atomic E-state index is 0.621. The molecule has 1 fully saturated rings. The lowest BCUT2D eigenvalue weighted by atomic mass is 9.93. The van der Waals surface area contributed by atoms with E-state index in [2.05, 4.69) is 44.8 Å². The smallest absolute Gasteiger partial charge is 0.00388 e. The topological polar surface area (TPSA) is 15.3 Å². The summed E-state index contributed by atoms with van der Waals surface area (Å²) >= 11 is 0. The molecule has 0 aromatic carbocycles. The summed E-state index contributed by atoms with van der Waals surface area (Å²) in [6, 6.07) is 1.33. The van der Waals surface area contributed by atoms with E-state index in [0.29, 0.717) is 12.1 Å². The van der Waals surface area contributed by atoms with Crippen LogP contribution in [0.4, 0.5) is 0 Å². The summed E-state index contributed by atoms with van der Waals surface area (Å²) in [5.74, 6) is 1.76. The van der Waals surface area contributed by atoms with Gasteiger partial charge in [-0.15, -0.1) is 0 Å². The van der Waals surface area contributed by atoms with E-state index in [0.717, 1.165) is 11.8 Å². The first-order valence-corrected chi connectivity index (χ1v) is 6.52. The van der Waals surface area contributed by atoms with Crippen LogP contribution in [0, 0.1) is 11.8 Å². The molecule has 1 saturated heterocycles. The van der Waals surface area contributed by atoms with Crippen LogP contribution in [0.2, 0.25) is 0 Å². The van der Waals surface area contributed by atoms with Crippen molar-refractivity contribution in [1.29, 1.82) is 0 Å². The second kappa shape index (κ2) is 5.86. The van der Waals surface area contributed by atoms with Gasteiger partial charge in [-0.1, -0.05) is 27.2 Å². The molecular weight excluding hydrogens is 184 g/mol. The quantitative estimate of drug-likeness (QED) is 0.752. The average molecular weight is 212 g/mol. The molecule has 2 nitrogen and oxygen atoms in total. The van der Waals surface area contributed by atoms with Gasteiger partial charge in [0.15, 0.2) is 0 Å². The van der Waals surface area contributed by atoms with Crippen molar-refractivity contribution in [2.45, 2.75) is 53.1 Å². The predicted molar refractivity (Wildman–Crippen MR) is 67.1 cm³/mol. The molecule has 1 rings (SSSR count). The van der Waals surface area contributed by atoms with Crippen molar-refractivity contribution in [2.75, 3.05) is 19.6 Å². The maximum Gasteiger partial charge on any atom is 0.00388 e. The predicted octanol–water partition coefficient (Wildman–Crippen LogP) is 2.35. The molecule has 0 aromatic heterocycles. The Morgan fingerprint density at radius 3 is 2.20 bits per heavy atom. The molecule has 0 saturated carbocycles. The molecule has 0 bridgehead atoms. The summed E-state index contributed by atoms with van der Waals surface area (Å²) in [6.45, 7) is 15.2. The highest BCUT2D eigenvalue weighted by Gasteiger charge is 2.32. The number of rotatable bonds is 5. The summed E-state index contributed by atoms with van der Waals surface area (Å²) in [6.07, 6.45) is 1.33. The molecule has 15 heavy (non-hydrogen) atoms. The van der Waals surface area contributed by atoms with Crippen molar-refractivity contribution in [1.82, 2.24) is 10.2 Å². The highest BCUT2D eigenvalue weighted by molar-refractivity contribution is 4.86. The van der Waals surface area contributed by atoms with E-state index in [1.165, 1.54) is 26.1 Å². The van der Waals surface area contributed by atoms with Crippen molar-refractivity contribution in [3.05, 3.63) is 0 Å². The molecule has 2 atom stereocenters. The molecule has 0 spiro atoms. The highest BCUT2D eigenvalue weighted by atomic mass is 15.2. The van der Waals surface area contributed by atoms with Gasteiger partial charge in [0.2, 0.25) is 0 Å². The van der Waals surface area contributed by atoms with Crippen LogP contribution >= 0.6 is 0 Å². The fourth-order valence-electron chi connectivity index (χ4n) is 2.48. The van der Waals surface area contributed by atoms with Gasteiger partial charge in [-0.05, 0) is 32.2 Å². The fourth-order valence-corrected chi connectivity index (χ4v) is 2.48. The molecule has 1 heterocycles. The van der Waals surface area contributed by atoms with Crippen molar-refractivity contribution in [3.63, 3.8) is 0 Å². The largest absolute Gasteiger partial charge is 0.314 e. The summed E-state index contributed by atoms with van der Waals surface area (Å²) < 4.78 is 0. The van der Waals surface area contributed by atoms with Gasteiger partial charge in [-0.2, -0.15) is 0 Å². The monoisotopic (exact) mass is 212 g/mol. The number of hydrogen-bond donors (Lipinski definition) is 1. The van der Waals surface area contributed by atoms with Crippen LogP contribution in [0.3, 0.4) is 0 Å². The van der Waals surface area contributed by atoms with Crippen LogP contribution < -0.4 is 5.32 Å². The number of hydrogen-bond acceptors (Lipinski definition) is 2. The minimum atomic E-state index is 0.621. The number of nitrogens with one attached hydrogen (secondary N) is 1. The second-order valence-corrected chi connectivity index (χ2v) is 5.54. The average Bonchev–Trinajstić information content (AvgIpc) is 2.57. The zero-order valence-electron chi connectivity index (χ0n) is 11.1. The van der Waals surface area contributed by atoms with E-state index in [1.807, 2.05) is 0 Å². The Bertz CT molecular complexity index is 177. The van der Waals surface area contributed by atoms with Gasteiger partial charge in [0, 0.05) is 25.2 Å². The molecule has 90 valence electrons. The van der Waals surface area contributed by atoms with Crippen molar-refractivity contribution < 1.29 is 0 Å². The van der Waals surface area contributed by atoms with Gasteiger partial charge in [0.1, 0.15) is 0 Å². The maximum atomic E-state index is 3.58. The summed E-state index contributed by atoms with van der Waals surface area (Å²) in [7, 11) is 0. The number of likely N-dealkylation sites (tertiary alicyclic amines) is 1. The zero-order chi connectivity index (χ0) is 11.4. The minimum Gasteiger partial charge on any atom is -0.314 e. The first kappa shape index (κ1) is 13.0. The molecule has 0 amide bonds. The molecule has 0 radical (unpaired) electrons. The lowest BCUT2D eigenvalue weighted by molar-refractivity contribution is 0.260. The summed E-state index contributed by atoms with van der Waals surface area (Å²) in [4.78, 5) is 2.63.